The standard InChI is InChI=1S/C16H18Cl2Si/c17-19(18,16-10-11-5-6-13(16)9-11)15-8-7-12-3-1-2-4-14(12)15/h1-4,7-8,11,13,15-16H,5-6,9-10H2. The van der Waals surface area contributed by atoms with Crippen LogP contribution in [-0.2, 0) is 0 Å². The monoisotopic (exact) mass is 308 g/mol. The highest BCUT2D eigenvalue weighted by Crippen LogP contribution is 2.61. The molecule has 0 saturated heterocycles. The lowest BCUT2D eigenvalue weighted by Crippen LogP contribution is -2.37. The summed E-state index contributed by atoms with van der Waals surface area (Å²) >= 11 is 14.0. The molecule has 0 spiro atoms. The summed E-state index contributed by atoms with van der Waals surface area (Å²) in [6.45, 7) is -2.28. The van der Waals surface area contributed by atoms with Crippen molar-refractivity contribution in [3.8, 4) is 0 Å². The van der Waals surface area contributed by atoms with E-state index in [-0.39, 0.29) is 0 Å². The van der Waals surface area contributed by atoms with Gasteiger partial charge in [-0.15, -0.1) is 22.2 Å². The van der Waals surface area contributed by atoms with Gasteiger partial charge in [-0.25, -0.2) is 0 Å². The molecule has 0 aliphatic heterocycles. The molecule has 4 unspecified atom stereocenters. The summed E-state index contributed by atoms with van der Waals surface area (Å²) < 4.78 is 0. The first-order valence-corrected chi connectivity index (χ1v) is 11.5. The summed E-state index contributed by atoms with van der Waals surface area (Å²) in [5.41, 5.74) is 3.59. The molecule has 0 amide bonds. The van der Waals surface area contributed by atoms with E-state index in [0.717, 1.165) is 11.8 Å². The van der Waals surface area contributed by atoms with E-state index in [1.807, 2.05) is 0 Å². The first-order chi connectivity index (χ1) is 9.16. The van der Waals surface area contributed by atoms with Gasteiger partial charge in [0.1, 0.15) is 0 Å². The molecule has 3 aliphatic carbocycles. The third-order valence-corrected chi connectivity index (χ3v) is 11.6. The second-order valence-corrected chi connectivity index (χ2v) is 13.5. The maximum Gasteiger partial charge on any atom is 0.265 e. The van der Waals surface area contributed by atoms with Crippen LogP contribution in [0, 0.1) is 11.8 Å². The largest absolute Gasteiger partial charge is 0.265 e. The third-order valence-electron chi connectivity index (χ3n) is 5.45. The predicted octanol–water partition coefficient (Wildman–Crippen LogP) is 5.45. The van der Waals surface area contributed by atoms with Crippen molar-refractivity contribution in [2.24, 2.45) is 11.8 Å². The van der Waals surface area contributed by atoms with Crippen molar-refractivity contribution in [3.63, 3.8) is 0 Å². The molecule has 3 aliphatic rings. The van der Waals surface area contributed by atoms with Crippen LogP contribution in [0.2, 0.25) is 5.54 Å². The zero-order chi connectivity index (χ0) is 13.0. The van der Waals surface area contributed by atoms with Gasteiger partial charge in [-0.1, -0.05) is 49.3 Å². The van der Waals surface area contributed by atoms with Crippen LogP contribution < -0.4 is 0 Å². The highest BCUT2D eigenvalue weighted by Gasteiger charge is 2.55. The van der Waals surface area contributed by atoms with Crippen LogP contribution >= 0.6 is 22.2 Å². The quantitative estimate of drug-likeness (QED) is 0.503. The molecule has 2 fully saturated rings. The average Bonchev–Trinajstić information content (AvgIpc) is 3.13. The number of hydrogen-bond donors (Lipinski definition) is 0. The lowest BCUT2D eigenvalue weighted by atomic mass is 10.0. The molecule has 3 heteroatoms. The fourth-order valence-electron chi connectivity index (χ4n) is 4.53. The second-order valence-electron chi connectivity index (χ2n) is 6.42. The van der Waals surface area contributed by atoms with E-state index in [1.54, 1.807) is 0 Å². The van der Waals surface area contributed by atoms with Crippen LogP contribution in [0.5, 0.6) is 0 Å². The van der Waals surface area contributed by atoms with Gasteiger partial charge >= 0.3 is 0 Å². The van der Waals surface area contributed by atoms with Crippen molar-refractivity contribution in [1.29, 1.82) is 0 Å². The van der Waals surface area contributed by atoms with Crippen molar-refractivity contribution in [3.05, 3.63) is 41.5 Å². The van der Waals surface area contributed by atoms with Gasteiger partial charge in [0.2, 0.25) is 0 Å². The Bertz CT molecular complexity index is 537. The van der Waals surface area contributed by atoms with Crippen LogP contribution in [0.25, 0.3) is 6.08 Å². The number of benzene rings is 1. The van der Waals surface area contributed by atoms with E-state index in [4.69, 9.17) is 22.2 Å². The Morgan fingerprint density at radius 3 is 2.63 bits per heavy atom. The molecule has 4 rings (SSSR count). The number of halogens is 2. The first-order valence-electron chi connectivity index (χ1n) is 7.31. The zero-order valence-electron chi connectivity index (χ0n) is 10.9. The van der Waals surface area contributed by atoms with E-state index >= 15 is 0 Å². The topological polar surface area (TPSA) is 0 Å². The summed E-state index contributed by atoms with van der Waals surface area (Å²) in [6.07, 6.45) is 9.92. The van der Waals surface area contributed by atoms with Crippen LogP contribution in [-0.4, -0.2) is 6.69 Å². The normalized spacial score (nSPS) is 35.9. The van der Waals surface area contributed by atoms with E-state index in [0.29, 0.717) is 11.1 Å². The van der Waals surface area contributed by atoms with Gasteiger partial charge in [0.05, 0.1) is 0 Å². The maximum absolute atomic E-state index is 7.02. The van der Waals surface area contributed by atoms with Gasteiger partial charge < -0.3 is 0 Å². The average molecular weight is 309 g/mol. The van der Waals surface area contributed by atoms with Crippen LogP contribution in [0.15, 0.2) is 30.3 Å². The molecule has 100 valence electrons. The summed E-state index contributed by atoms with van der Waals surface area (Å²) in [7, 11) is 0. The van der Waals surface area contributed by atoms with Gasteiger partial charge in [-0.2, -0.15) is 0 Å². The van der Waals surface area contributed by atoms with E-state index in [1.165, 1.54) is 36.8 Å². The molecule has 2 bridgehead atoms. The van der Waals surface area contributed by atoms with Gasteiger partial charge in [0, 0.05) is 5.54 Å². The summed E-state index contributed by atoms with van der Waals surface area (Å²) in [5.74, 6) is 1.73. The molecule has 0 nitrogen and oxygen atoms in total. The van der Waals surface area contributed by atoms with Crippen LogP contribution in [0.4, 0.5) is 0 Å². The van der Waals surface area contributed by atoms with Crippen LogP contribution in [0.3, 0.4) is 0 Å². The van der Waals surface area contributed by atoms with Crippen LogP contribution in [0.1, 0.15) is 42.4 Å². The summed E-state index contributed by atoms with van der Waals surface area (Å²) in [4.78, 5) is 0. The minimum atomic E-state index is -2.28. The summed E-state index contributed by atoms with van der Waals surface area (Å²) in [5, 5.41) is 0. The second kappa shape index (κ2) is 4.38. The molecule has 1 aromatic carbocycles. The molecular weight excluding hydrogens is 291 g/mol. The molecule has 1 aromatic rings. The number of allylic oxidation sites excluding steroid dienone is 1. The molecule has 0 aromatic heterocycles. The molecule has 19 heavy (non-hydrogen) atoms. The molecule has 2 saturated carbocycles. The Labute approximate surface area is 125 Å². The SMILES string of the molecule is Cl[Si](Cl)(C1C=Cc2ccccc21)C1CC2CCC1C2. The highest BCUT2D eigenvalue weighted by atomic mass is 35.7. The fourth-order valence-corrected chi connectivity index (χ4v) is 10.3. The molecular formula is C16H18Cl2Si. The van der Waals surface area contributed by atoms with Crippen molar-refractivity contribution in [2.75, 3.05) is 0 Å². The highest BCUT2D eigenvalue weighted by molar-refractivity contribution is 7.46. The molecule has 4 atom stereocenters. The van der Waals surface area contributed by atoms with Crippen molar-refractivity contribution in [1.82, 2.24) is 0 Å². The van der Waals surface area contributed by atoms with Gasteiger partial charge in [-0.3, -0.25) is 0 Å². The van der Waals surface area contributed by atoms with E-state index < -0.39 is 6.69 Å². The zero-order valence-corrected chi connectivity index (χ0v) is 13.4. The first kappa shape index (κ1) is 12.5. The number of rotatable bonds is 2. The Morgan fingerprint density at radius 2 is 1.89 bits per heavy atom. The Balaban J connectivity index is 1.67. The van der Waals surface area contributed by atoms with Gasteiger partial charge in [0.15, 0.2) is 0 Å². The molecule has 0 N–H and O–H groups in total. The maximum atomic E-state index is 7.02. The number of hydrogen-bond acceptors (Lipinski definition) is 0. The Kier molecular flexibility index (Phi) is 2.88. The third kappa shape index (κ3) is 1.85. The number of fused-ring (bicyclic) bond motifs is 3. The van der Waals surface area contributed by atoms with Gasteiger partial charge in [0.25, 0.3) is 6.69 Å². The summed E-state index contributed by atoms with van der Waals surface area (Å²) in [6, 6.07) is 8.58. The Morgan fingerprint density at radius 1 is 1.05 bits per heavy atom. The van der Waals surface area contributed by atoms with Crippen molar-refractivity contribution >= 4 is 34.9 Å². The lowest BCUT2D eigenvalue weighted by molar-refractivity contribution is 0.472. The van der Waals surface area contributed by atoms with Gasteiger partial charge in [-0.05, 0) is 41.3 Å². The molecule has 0 heterocycles. The lowest BCUT2D eigenvalue weighted by Gasteiger charge is -2.35. The van der Waals surface area contributed by atoms with E-state index in [2.05, 4.69) is 36.4 Å². The smallest absolute Gasteiger partial charge is 0.145 e. The Hall–Kier alpha value is -0.243. The predicted molar refractivity (Wildman–Crippen MR) is 84.9 cm³/mol. The van der Waals surface area contributed by atoms with E-state index in [9.17, 15) is 0 Å². The molecule has 0 radical (unpaired) electrons. The van der Waals surface area contributed by atoms with Crippen molar-refractivity contribution in [2.45, 2.75) is 36.8 Å². The van der Waals surface area contributed by atoms with Crippen molar-refractivity contribution < 1.29 is 0 Å². The minimum absolute atomic E-state index is 0.302. The fraction of sp³-hybridized carbons (Fsp3) is 0.500. The minimum Gasteiger partial charge on any atom is -0.145 e.